The Hall–Kier alpha value is -1.86. The van der Waals surface area contributed by atoms with Gasteiger partial charge in [-0.25, -0.2) is 0 Å². The standard InChI is InChI=1S/C20H24O3P/c1-3-24(4-2,17-8-6-5-7-9-17)15-18(21)16-10-11-19-20(14-16)23-13-12-22-19/h5-11,14H,3-4,12-13,15H2,1-2H3/q+1. The van der Waals surface area contributed by atoms with Gasteiger partial charge in [0.1, 0.15) is 19.4 Å². The average Bonchev–Trinajstić information content (AvgIpc) is 2.66. The highest BCUT2D eigenvalue weighted by Gasteiger charge is 2.39. The molecule has 0 amide bonds. The molecule has 0 N–H and O–H groups in total. The molecule has 2 aromatic carbocycles. The molecule has 1 aliphatic heterocycles. The molecule has 0 saturated carbocycles. The number of hydrogen-bond donors (Lipinski definition) is 0. The van der Waals surface area contributed by atoms with Gasteiger partial charge in [-0.1, -0.05) is 18.2 Å². The van der Waals surface area contributed by atoms with Gasteiger partial charge >= 0.3 is 0 Å². The molecular weight excluding hydrogens is 319 g/mol. The summed E-state index contributed by atoms with van der Waals surface area (Å²) in [6.07, 6.45) is 2.71. The summed E-state index contributed by atoms with van der Waals surface area (Å²) in [5.74, 6) is 1.62. The summed E-state index contributed by atoms with van der Waals surface area (Å²) >= 11 is 0. The number of carbonyl (C=O) groups is 1. The van der Waals surface area contributed by atoms with Gasteiger partial charge in [0.05, 0.1) is 24.9 Å². The molecule has 1 heterocycles. The Kier molecular flexibility index (Phi) is 5.20. The summed E-state index contributed by atoms with van der Waals surface area (Å²) in [5, 5.41) is 1.35. The molecule has 0 spiro atoms. The number of ether oxygens (including phenoxy) is 2. The molecule has 0 aromatic heterocycles. The number of carbonyl (C=O) groups excluding carboxylic acids is 1. The van der Waals surface area contributed by atoms with Crippen LogP contribution in [0.4, 0.5) is 0 Å². The van der Waals surface area contributed by atoms with Crippen molar-refractivity contribution in [2.24, 2.45) is 0 Å². The second-order valence-corrected chi connectivity index (χ2v) is 10.4. The second-order valence-electron chi connectivity index (χ2n) is 6.05. The van der Waals surface area contributed by atoms with Crippen molar-refractivity contribution in [2.75, 3.05) is 31.7 Å². The Morgan fingerprint density at radius 1 is 0.958 bits per heavy atom. The van der Waals surface area contributed by atoms with Gasteiger partial charge in [-0.15, -0.1) is 0 Å². The van der Waals surface area contributed by atoms with Gasteiger partial charge in [-0.05, 0) is 44.2 Å². The van der Waals surface area contributed by atoms with Crippen molar-refractivity contribution in [3.05, 3.63) is 54.1 Å². The Bertz CT molecular complexity index is 708. The van der Waals surface area contributed by atoms with E-state index >= 15 is 0 Å². The van der Waals surface area contributed by atoms with E-state index in [0.29, 0.717) is 25.1 Å². The van der Waals surface area contributed by atoms with Crippen LogP contribution in [0.2, 0.25) is 0 Å². The Labute approximate surface area is 144 Å². The van der Waals surface area contributed by atoms with Crippen LogP contribution in [-0.2, 0) is 0 Å². The molecular formula is C20H24O3P+. The number of ketones is 1. The van der Waals surface area contributed by atoms with Crippen LogP contribution in [0.25, 0.3) is 0 Å². The molecule has 1 aliphatic rings. The van der Waals surface area contributed by atoms with Gasteiger partial charge in [0.2, 0.25) is 0 Å². The van der Waals surface area contributed by atoms with E-state index in [9.17, 15) is 4.79 Å². The molecule has 4 heteroatoms. The SMILES string of the molecule is CC[P+](CC)(CC(=O)c1ccc2c(c1)OCCO2)c1ccccc1. The third-order valence-electron chi connectivity index (χ3n) is 4.82. The zero-order valence-corrected chi connectivity index (χ0v) is 15.2. The summed E-state index contributed by atoms with van der Waals surface area (Å²) in [5.41, 5.74) is 0.724. The van der Waals surface area contributed by atoms with Crippen molar-refractivity contribution in [1.29, 1.82) is 0 Å². The fourth-order valence-corrected chi connectivity index (χ4v) is 6.58. The molecule has 126 valence electrons. The predicted molar refractivity (Wildman–Crippen MR) is 101 cm³/mol. The lowest BCUT2D eigenvalue weighted by atomic mass is 10.1. The van der Waals surface area contributed by atoms with Crippen molar-refractivity contribution in [3.63, 3.8) is 0 Å². The smallest absolute Gasteiger partial charge is 0.200 e. The monoisotopic (exact) mass is 343 g/mol. The van der Waals surface area contributed by atoms with Crippen molar-refractivity contribution in [1.82, 2.24) is 0 Å². The Morgan fingerprint density at radius 3 is 2.29 bits per heavy atom. The fraction of sp³-hybridized carbons (Fsp3) is 0.350. The first-order chi connectivity index (χ1) is 11.7. The highest BCUT2D eigenvalue weighted by Crippen LogP contribution is 2.57. The van der Waals surface area contributed by atoms with Gasteiger partial charge in [-0.3, -0.25) is 4.79 Å². The molecule has 0 radical (unpaired) electrons. The summed E-state index contributed by atoms with van der Waals surface area (Å²) in [6, 6.07) is 16.1. The van der Waals surface area contributed by atoms with E-state index in [1.165, 1.54) is 5.30 Å². The van der Waals surface area contributed by atoms with E-state index in [4.69, 9.17) is 9.47 Å². The molecule has 2 aromatic rings. The lowest BCUT2D eigenvalue weighted by molar-refractivity contribution is 0.101. The minimum atomic E-state index is -1.48. The van der Waals surface area contributed by atoms with Crippen LogP contribution in [0.1, 0.15) is 24.2 Å². The van der Waals surface area contributed by atoms with Gasteiger partial charge in [0.25, 0.3) is 0 Å². The maximum absolute atomic E-state index is 13.0. The fourth-order valence-electron chi connectivity index (χ4n) is 3.23. The average molecular weight is 343 g/mol. The maximum atomic E-state index is 13.0. The van der Waals surface area contributed by atoms with E-state index < -0.39 is 7.26 Å². The first-order valence-electron chi connectivity index (χ1n) is 8.53. The molecule has 3 nitrogen and oxygen atoms in total. The normalized spacial score (nSPS) is 13.6. The molecule has 24 heavy (non-hydrogen) atoms. The van der Waals surface area contributed by atoms with Gasteiger partial charge in [0.15, 0.2) is 17.3 Å². The number of hydrogen-bond acceptors (Lipinski definition) is 3. The summed E-state index contributed by atoms with van der Waals surface area (Å²) in [6.45, 7) is 5.52. The van der Waals surface area contributed by atoms with Crippen LogP contribution >= 0.6 is 7.26 Å². The van der Waals surface area contributed by atoms with E-state index in [1.54, 1.807) is 0 Å². The quantitative estimate of drug-likeness (QED) is 0.587. The lowest BCUT2D eigenvalue weighted by Crippen LogP contribution is -2.23. The first kappa shape index (κ1) is 17.0. The zero-order chi connectivity index (χ0) is 17.0. The second kappa shape index (κ2) is 7.36. The number of benzene rings is 2. The topological polar surface area (TPSA) is 35.5 Å². The number of fused-ring (bicyclic) bond motifs is 1. The molecule has 0 unspecified atom stereocenters. The molecule has 0 saturated heterocycles. The van der Waals surface area contributed by atoms with Crippen LogP contribution in [0, 0.1) is 0 Å². The van der Waals surface area contributed by atoms with Gasteiger partial charge in [0, 0.05) is 5.56 Å². The highest BCUT2D eigenvalue weighted by molar-refractivity contribution is 7.83. The van der Waals surface area contributed by atoms with E-state index in [1.807, 2.05) is 24.3 Å². The summed E-state index contributed by atoms with van der Waals surface area (Å²) in [4.78, 5) is 13.0. The van der Waals surface area contributed by atoms with Crippen LogP contribution in [0.3, 0.4) is 0 Å². The van der Waals surface area contributed by atoms with Gasteiger partial charge < -0.3 is 9.47 Å². The summed E-state index contributed by atoms with van der Waals surface area (Å²) in [7, 11) is -1.48. The molecule has 0 fully saturated rings. The van der Waals surface area contributed by atoms with E-state index in [0.717, 1.165) is 23.6 Å². The van der Waals surface area contributed by atoms with E-state index in [-0.39, 0.29) is 5.78 Å². The van der Waals surface area contributed by atoms with Crippen LogP contribution in [0.5, 0.6) is 11.5 Å². The van der Waals surface area contributed by atoms with E-state index in [2.05, 4.69) is 38.1 Å². The number of Topliss-reactive ketones (excluding diaryl/α,β-unsaturated/α-hetero) is 1. The Morgan fingerprint density at radius 2 is 1.62 bits per heavy atom. The molecule has 0 atom stereocenters. The molecule has 0 aliphatic carbocycles. The minimum absolute atomic E-state index is 0.202. The van der Waals surface area contributed by atoms with Crippen molar-refractivity contribution in [3.8, 4) is 11.5 Å². The number of rotatable bonds is 6. The predicted octanol–water partition coefficient (Wildman–Crippen LogP) is 4.02. The Balaban J connectivity index is 1.86. The molecule has 0 bridgehead atoms. The lowest BCUT2D eigenvalue weighted by Gasteiger charge is -2.24. The third-order valence-corrected chi connectivity index (χ3v) is 9.53. The van der Waals surface area contributed by atoms with Crippen LogP contribution in [0.15, 0.2) is 48.5 Å². The first-order valence-corrected chi connectivity index (χ1v) is 10.9. The molecule has 3 rings (SSSR count). The van der Waals surface area contributed by atoms with Crippen LogP contribution < -0.4 is 14.8 Å². The summed E-state index contributed by atoms with van der Waals surface area (Å²) < 4.78 is 11.2. The van der Waals surface area contributed by atoms with Crippen molar-refractivity contribution >= 4 is 18.4 Å². The van der Waals surface area contributed by atoms with Gasteiger partial charge in [-0.2, -0.15) is 0 Å². The van der Waals surface area contributed by atoms with Crippen LogP contribution in [-0.4, -0.2) is 37.5 Å². The van der Waals surface area contributed by atoms with Crippen molar-refractivity contribution in [2.45, 2.75) is 13.8 Å². The zero-order valence-electron chi connectivity index (χ0n) is 14.3. The third kappa shape index (κ3) is 3.32. The highest BCUT2D eigenvalue weighted by atomic mass is 31.2. The largest absolute Gasteiger partial charge is 0.486 e. The maximum Gasteiger partial charge on any atom is 0.200 e. The minimum Gasteiger partial charge on any atom is -0.486 e. The van der Waals surface area contributed by atoms with Crippen molar-refractivity contribution < 1.29 is 14.3 Å².